The van der Waals surface area contributed by atoms with Gasteiger partial charge in [0.15, 0.2) is 0 Å². The van der Waals surface area contributed by atoms with E-state index in [0.717, 1.165) is 25.9 Å². The lowest BCUT2D eigenvalue weighted by Gasteiger charge is -2.38. The molecule has 0 aromatic heterocycles. The van der Waals surface area contributed by atoms with Crippen LogP contribution in [0.4, 0.5) is 0 Å². The second-order valence-electron chi connectivity index (χ2n) is 7.40. The van der Waals surface area contributed by atoms with Crippen LogP contribution in [0.25, 0.3) is 0 Å². The average molecular weight is 418 g/mol. The predicted molar refractivity (Wildman–Crippen MR) is 101 cm³/mol. The number of sulfonamides is 2. The lowest BCUT2D eigenvalue weighted by atomic mass is 10.1. The number of rotatable bonds is 5. The highest BCUT2D eigenvalue weighted by Crippen LogP contribution is 2.28. The molecule has 8 nitrogen and oxygen atoms in total. The lowest BCUT2D eigenvalue weighted by molar-refractivity contribution is -0.0707. The number of nitrogens with zero attached hydrogens (tertiary/aromatic N) is 2. The van der Waals surface area contributed by atoms with E-state index in [1.807, 2.05) is 13.8 Å². The monoisotopic (exact) mass is 417 g/mol. The number of nitrogens with two attached hydrogens (primary N) is 1. The van der Waals surface area contributed by atoms with Crippen molar-refractivity contribution < 1.29 is 21.6 Å². The van der Waals surface area contributed by atoms with Crippen molar-refractivity contribution in [1.29, 1.82) is 0 Å². The highest BCUT2D eigenvalue weighted by molar-refractivity contribution is 7.89. The molecule has 3 unspecified atom stereocenters. The summed E-state index contributed by atoms with van der Waals surface area (Å²) in [6.07, 6.45) is 1.89. The Morgan fingerprint density at radius 1 is 1.04 bits per heavy atom. The van der Waals surface area contributed by atoms with Crippen LogP contribution >= 0.6 is 0 Å². The third-order valence-electron chi connectivity index (χ3n) is 5.05. The van der Waals surface area contributed by atoms with Crippen LogP contribution in [0.2, 0.25) is 0 Å². The average Bonchev–Trinajstić information content (AvgIpc) is 3.02. The first-order valence-electron chi connectivity index (χ1n) is 9.10. The number of primary sulfonamides is 1. The van der Waals surface area contributed by atoms with Gasteiger partial charge in [-0.05, 0) is 51.0 Å². The Morgan fingerprint density at radius 2 is 1.59 bits per heavy atom. The van der Waals surface area contributed by atoms with Gasteiger partial charge in [-0.3, -0.25) is 4.90 Å². The minimum atomic E-state index is -3.85. The van der Waals surface area contributed by atoms with Gasteiger partial charge in [0.1, 0.15) is 0 Å². The van der Waals surface area contributed by atoms with Crippen molar-refractivity contribution in [3.63, 3.8) is 0 Å². The molecule has 0 aliphatic carbocycles. The van der Waals surface area contributed by atoms with E-state index >= 15 is 0 Å². The summed E-state index contributed by atoms with van der Waals surface area (Å²) in [4.78, 5) is 2.25. The largest absolute Gasteiger partial charge is 0.373 e. The van der Waals surface area contributed by atoms with Crippen molar-refractivity contribution in [2.45, 2.75) is 54.7 Å². The molecule has 0 bridgehead atoms. The van der Waals surface area contributed by atoms with Gasteiger partial charge in [-0.2, -0.15) is 4.31 Å². The summed E-state index contributed by atoms with van der Waals surface area (Å²) in [5, 5.41) is 5.08. The summed E-state index contributed by atoms with van der Waals surface area (Å²) >= 11 is 0. The van der Waals surface area contributed by atoms with E-state index in [1.165, 1.54) is 24.3 Å². The normalized spacial score (nSPS) is 28.5. The molecule has 2 saturated heterocycles. The Balaban J connectivity index is 1.77. The molecule has 2 N–H and O–H groups in total. The van der Waals surface area contributed by atoms with Gasteiger partial charge in [0.25, 0.3) is 0 Å². The fraction of sp³-hybridized carbons (Fsp3) is 0.647. The SMILES string of the molecule is CC1CN(CC2CCCN2S(=O)(=O)c2ccc(S(N)(=O)=O)cc2)CC(C)O1. The third kappa shape index (κ3) is 4.69. The number of morpholine rings is 1. The van der Waals surface area contributed by atoms with Crippen LogP contribution in [-0.2, 0) is 24.8 Å². The molecule has 2 fully saturated rings. The Bertz CT molecular complexity index is 860. The van der Waals surface area contributed by atoms with Crippen molar-refractivity contribution in [2.75, 3.05) is 26.2 Å². The molecule has 2 heterocycles. The topological polar surface area (TPSA) is 110 Å². The van der Waals surface area contributed by atoms with E-state index in [-0.39, 0.29) is 28.0 Å². The molecule has 0 radical (unpaired) electrons. The molecule has 2 aliphatic heterocycles. The summed E-state index contributed by atoms with van der Waals surface area (Å²) in [7, 11) is -7.54. The van der Waals surface area contributed by atoms with Crippen molar-refractivity contribution in [3.8, 4) is 0 Å². The van der Waals surface area contributed by atoms with Crippen molar-refractivity contribution in [2.24, 2.45) is 5.14 Å². The number of ether oxygens (including phenoxy) is 1. The van der Waals surface area contributed by atoms with Crippen LogP contribution < -0.4 is 5.14 Å². The predicted octanol–water partition coefficient (Wildman–Crippen LogP) is 0.596. The second kappa shape index (κ2) is 7.76. The maximum atomic E-state index is 13.1. The molecule has 1 aromatic carbocycles. The molecule has 3 atom stereocenters. The Kier molecular flexibility index (Phi) is 5.95. The summed E-state index contributed by atoms with van der Waals surface area (Å²) in [5.74, 6) is 0. The Labute approximate surface area is 161 Å². The van der Waals surface area contributed by atoms with Gasteiger partial charge in [0.2, 0.25) is 20.0 Å². The molecule has 1 aromatic rings. The maximum Gasteiger partial charge on any atom is 0.243 e. The fourth-order valence-electron chi connectivity index (χ4n) is 3.98. The molecular weight excluding hydrogens is 390 g/mol. The van der Waals surface area contributed by atoms with Crippen LogP contribution in [0.15, 0.2) is 34.1 Å². The van der Waals surface area contributed by atoms with Gasteiger partial charge in [0.05, 0.1) is 22.0 Å². The summed E-state index contributed by atoms with van der Waals surface area (Å²) in [6, 6.07) is 5.00. The quantitative estimate of drug-likeness (QED) is 0.751. The number of hydrogen-bond acceptors (Lipinski definition) is 6. The molecule has 2 aliphatic rings. The molecule has 27 heavy (non-hydrogen) atoms. The highest BCUT2D eigenvalue weighted by Gasteiger charge is 2.37. The van der Waals surface area contributed by atoms with E-state index in [4.69, 9.17) is 9.88 Å². The van der Waals surface area contributed by atoms with Crippen LogP contribution in [0.5, 0.6) is 0 Å². The van der Waals surface area contributed by atoms with Gasteiger partial charge < -0.3 is 4.74 Å². The molecule has 0 spiro atoms. The van der Waals surface area contributed by atoms with E-state index in [9.17, 15) is 16.8 Å². The van der Waals surface area contributed by atoms with Crippen molar-refractivity contribution >= 4 is 20.0 Å². The van der Waals surface area contributed by atoms with E-state index in [1.54, 1.807) is 4.31 Å². The van der Waals surface area contributed by atoms with E-state index in [2.05, 4.69) is 4.90 Å². The maximum absolute atomic E-state index is 13.1. The fourth-order valence-corrected chi connectivity index (χ4v) is 6.18. The van der Waals surface area contributed by atoms with E-state index in [0.29, 0.717) is 13.1 Å². The minimum absolute atomic E-state index is 0.0884. The first-order chi connectivity index (χ1) is 12.6. The highest BCUT2D eigenvalue weighted by atomic mass is 32.2. The molecule has 152 valence electrons. The Hall–Kier alpha value is -1.04. The van der Waals surface area contributed by atoms with Crippen molar-refractivity contribution in [1.82, 2.24) is 9.21 Å². The zero-order valence-corrected chi connectivity index (χ0v) is 17.2. The summed E-state index contributed by atoms with van der Waals surface area (Å²) in [6.45, 7) is 6.78. The van der Waals surface area contributed by atoms with Gasteiger partial charge in [-0.1, -0.05) is 0 Å². The van der Waals surface area contributed by atoms with Gasteiger partial charge >= 0.3 is 0 Å². The second-order valence-corrected chi connectivity index (χ2v) is 10.9. The van der Waals surface area contributed by atoms with Gasteiger partial charge in [-0.15, -0.1) is 0 Å². The van der Waals surface area contributed by atoms with Crippen molar-refractivity contribution in [3.05, 3.63) is 24.3 Å². The molecular formula is C17H27N3O5S2. The number of hydrogen-bond donors (Lipinski definition) is 1. The van der Waals surface area contributed by atoms with Crippen LogP contribution in [0.1, 0.15) is 26.7 Å². The molecule has 0 saturated carbocycles. The molecule has 10 heteroatoms. The molecule has 0 amide bonds. The molecule has 3 rings (SSSR count). The third-order valence-corrected chi connectivity index (χ3v) is 7.94. The van der Waals surface area contributed by atoms with E-state index < -0.39 is 20.0 Å². The zero-order chi connectivity index (χ0) is 19.8. The van der Waals surface area contributed by atoms with Crippen LogP contribution in [0.3, 0.4) is 0 Å². The zero-order valence-electron chi connectivity index (χ0n) is 15.6. The first-order valence-corrected chi connectivity index (χ1v) is 12.1. The lowest BCUT2D eigenvalue weighted by Crippen LogP contribution is -2.50. The van der Waals surface area contributed by atoms with Gasteiger partial charge in [-0.25, -0.2) is 22.0 Å². The first kappa shape index (κ1) is 20.7. The van der Waals surface area contributed by atoms with Gasteiger partial charge in [0, 0.05) is 32.2 Å². The summed E-state index contributed by atoms with van der Waals surface area (Å²) < 4.78 is 56.2. The minimum Gasteiger partial charge on any atom is -0.373 e. The smallest absolute Gasteiger partial charge is 0.243 e. The Morgan fingerprint density at radius 3 is 2.15 bits per heavy atom. The summed E-state index contributed by atoms with van der Waals surface area (Å²) in [5.41, 5.74) is 0. The van der Waals surface area contributed by atoms with Crippen LogP contribution in [-0.4, -0.2) is 70.5 Å². The number of benzene rings is 1. The standard InChI is InChI=1S/C17H27N3O5S2/c1-13-10-19(11-14(2)25-13)12-15-4-3-9-20(15)27(23,24)17-7-5-16(6-8-17)26(18,21)22/h5-8,13-15H,3-4,9-12H2,1-2H3,(H2,18,21,22). The van der Waals surface area contributed by atoms with Crippen LogP contribution in [0, 0.1) is 0 Å².